The summed E-state index contributed by atoms with van der Waals surface area (Å²) in [5.41, 5.74) is 0. The number of carbonyl (C=O) groups excluding carboxylic acids is 1. The number of likely N-dealkylation sites (N-methyl/N-ethyl adjacent to an activating group) is 1. The summed E-state index contributed by atoms with van der Waals surface area (Å²) in [6, 6.07) is 5.59. The highest BCUT2D eigenvalue weighted by atomic mass is 35.5. The van der Waals surface area contributed by atoms with E-state index < -0.39 is 0 Å². The van der Waals surface area contributed by atoms with Crippen LogP contribution in [0, 0.1) is 0 Å². The van der Waals surface area contributed by atoms with E-state index in [0.717, 1.165) is 24.4 Å². The highest BCUT2D eigenvalue weighted by Gasteiger charge is 2.23. The Hall–Kier alpha value is -0.130. The van der Waals surface area contributed by atoms with Crippen molar-refractivity contribution in [3.8, 4) is 0 Å². The van der Waals surface area contributed by atoms with Crippen LogP contribution in [0.2, 0.25) is 10.0 Å². The number of rotatable bonds is 4. The van der Waals surface area contributed by atoms with Crippen LogP contribution in [0.3, 0.4) is 0 Å². The third-order valence-electron chi connectivity index (χ3n) is 3.22. The molecule has 0 radical (unpaired) electrons. The summed E-state index contributed by atoms with van der Waals surface area (Å²) >= 11 is 13.4. The van der Waals surface area contributed by atoms with Crippen LogP contribution < -0.4 is 5.32 Å². The first-order valence-electron chi connectivity index (χ1n) is 6.12. The Balaban J connectivity index is 0.00000200. The van der Waals surface area contributed by atoms with E-state index in [1.54, 1.807) is 18.2 Å². The lowest BCUT2D eigenvalue weighted by atomic mass is 10.2. The lowest BCUT2D eigenvalue weighted by Crippen LogP contribution is -2.39. The van der Waals surface area contributed by atoms with E-state index in [1.165, 1.54) is 11.8 Å². The van der Waals surface area contributed by atoms with E-state index in [2.05, 4.69) is 5.32 Å². The molecule has 1 aliphatic rings. The normalized spacial score (nSPS) is 17.6. The van der Waals surface area contributed by atoms with Crippen molar-refractivity contribution < 1.29 is 4.79 Å². The number of nitrogens with zero attached hydrogens (tertiary/aromatic N) is 1. The molecule has 1 atom stereocenters. The number of hydrogen-bond acceptors (Lipinski definition) is 3. The molecule has 20 heavy (non-hydrogen) atoms. The predicted octanol–water partition coefficient (Wildman–Crippen LogP) is 3.33. The molecule has 2 rings (SSSR count). The van der Waals surface area contributed by atoms with Gasteiger partial charge in [0, 0.05) is 29.6 Å². The average Bonchev–Trinajstić information content (AvgIpc) is 2.92. The van der Waals surface area contributed by atoms with Crippen molar-refractivity contribution in [1.29, 1.82) is 0 Å². The molecule has 1 N–H and O–H groups in total. The largest absolute Gasteiger partial charge is 0.341 e. The van der Waals surface area contributed by atoms with Crippen molar-refractivity contribution in [2.75, 3.05) is 25.9 Å². The summed E-state index contributed by atoms with van der Waals surface area (Å²) in [5.74, 6) is 0.502. The van der Waals surface area contributed by atoms with Crippen molar-refractivity contribution in [3.05, 3.63) is 28.2 Å². The Morgan fingerprint density at radius 3 is 2.90 bits per heavy atom. The molecule has 1 fully saturated rings. The highest BCUT2D eigenvalue weighted by Crippen LogP contribution is 2.30. The Labute approximate surface area is 139 Å². The zero-order valence-electron chi connectivity index (χ0n) is 11.1. The maximum absolute atomic E-state index is 12.1. The Kier molecular flexibility index (Phi) is 7.48. The third kappa shape index (κ3) is 4.71. The Bertz CT molecular complexity index is 467. The molecular formula is C13H17Cl3N2OS. The van der Waals surface area contributed by atoms with Gasteiger partial charge in [0.25, 0.3) is 0 Å². The minimum Gasteiger partial charge on any atom is -0.341 e. The summed E-state index contributed by atoms with van der Waals surface area (Å²) in [5, 5.41) is 4.52. The number of nitrogens with one attached hydrogen (secondary N) is 1. The van der Waals surface area contributed by atoms with Crippen molar-refractivity contribution in [2.24, 2.45) is 0 Å². The van der Waals surface area contributed by atoms with E-state index in [9.17, 15) is 4.79 Å². The molecule has 0 aliphatic carbocycles. The number of thioether (sulfide) groups is 1. The first-order valence-corrected chi connectivity index (χ1v) is 7.86. The van der Waals surface area contributed by atoms with Crippen LogP contribution in [0.25, 0.3) is 0 Å². The van der Waals surface area contributed by atoms with E-state index in [0.29, 0.717) is 21.8 Å². The molecule has 0 bridgehead atoms. The zero-order valence-corrected chi connectivity index (χ0v) is 14.2. The quantitative estimate of drug-likeness (QED) is 0.841. The molecule has 1 heterocycles. The minimum atomic E-state index is 0. The molecule has 0 aromatic heterocycles. The number of benzene rings is 1. The molecule has 1 unspecified atom stereocenters. The van der Waals surface area contributed by atoms with Gasteiger partial charge in [0.15, 0.2) is 0 Å². The SMILES string of the molecule is CN(C(=O)CSc1cc(Cl)ccc1Cl)C1CCNC1.Cl. The van der Waals surface area contributed by atoms with E-state index in [-0.39, 0.29) is 18.3 Å². The summed E-state index contributed by atoms with van der Waals surface area (Å²) in [6.45, 7) is 1.86. The van der Waals surface area contributed by atoms with Gasteiger partial charge in [0.05, 0.1) is 10.8 Å². The second-order valence-corrected chi connectivity index (χ2v) is 6.38. The van der Waals surface area contributed by atoms with E-state index in [4.69, 9.17) is 23.2 Å². The molecule has 112 valence electrons. The fraction of sp³-hybridized carbons (Fsp3) is 0.462. The Morgan fingerprint density at radius 2 is 2.25 bits per heavy atom. The minimum absolute atomic E-state index is 0. The fourth-order valence-corrected chi connectivity index (χ4v) is 3.42. The van der Waals surface area contributed by atoms with Gasteiger partial charge in [-0.15, -0.1) is 24.2 Å². The van der Waals surface area contributed by atoms with Gasteiger partial charge in [-0.2, -0.15) is 0 Å². The predicted molar refractivity (Wildman–Crippen MR) is 88.5 cm³/mol. The summed E-state index contributed by atoms with van der Waals surface area (Å²) in [6.07, 6.45) is 1.02. The lowest BCUT2D eigenvalue weighted by Gasteiger charge is -2.23. The molecule has 1 amide bonds. The van der Waals surface area contributed by atoms with Crippen molar-refractivity contribution >= 4 is 53.3 Å². The molecule has 1 aromatic carbocycles. The van der Waals surface area contributed by atoms with Crippen LogP contribution in [0.4, 0.5) is 0 Å². The number of hydrogen-bond donors (Lipinski definition) is 1. The first kappa shape index (κ1) is 17.9. The van der Waals surface area contributed by atoms with Crippen LogP contribution in [0.15, 0.2) is 23.1 Å². The average molecular weight is 356 g/mol. The Morgan fingerprint density at radius 1 is 1.50 bits per heavy atom. The number of carbonyl (C=O) groups is 1. The first-order chi connectivity index (χ1) is 9.08. The summed E-state index contributed by atoms with van der Waals surface area (Å²) < 4.78 is 0. The van der Waals surface area contributed by atoms with Crippen LogP contribution in [0.1, 0.15) is 6.42 Å². The van der Waals surface area contributed by atoms with Gasteiger partial charge in [0.2, 0.25) is 5.91 Å². The van der Waals surface area contributed by atoms with E-state index >= 15 is 0 Å². The van der Waals surface area contributed by atoms with Gasteiger partial charge in [-0.25, -0.2) is 0 Å². The van der Waals surface area contributed by atoms with Crippen LogP contribution in [-0.2, 0) is 4.79 Å². The number of amides is 1. The van der Waals surface area contributed by atoms with Crippen molar-refractivity contribution in [2.45, 2.75) is 17.4 Å². The molecule has 1 aromatic rings. The highest BCUT2D eigenvalue weighted by molar-refractivity contribution is 8.00. The van der Waals surface area contributed by atoms with Gasteiger partial charge in [0.1, 0.15) is 0 Å². The van der Waals surface area contributed by atoms with Gasteiger partial charge in [-0.1, -0.05) is 23.2 Å². The van der Waals surface area contributed by atoms with Gasteiger partial charge >= 0.3 is 0 Å². The van der Waals surface area contributed by atoms with Crippen molar-refractivity contribution in [3.63, 3.8) is 0 Å². The maximum Gasteiger partial charge on any atom is 0.232 e. The topological polar surface area (TPSA) is 32.3 Å². The third-order valence-corrected chi connectivity index (χ3v) is 4.94. The zero-order chi connectivity index (χ0) is 13.8. The molecule has 1 saturated heterocycles. The second-order valence-electron chi connectivity index (χ2n) is 4.51. The smallest absolute Gasteiger partial charge is 0.232 e. The fourth-order valence-electron chi connectivity index (χ4n) is 2.00. The van der Waals surface area contributed by atoms with Crippen LogP contribution >= 0.6 is 47.4 Å². The van der Waals surface area contributed by atoms with Gasteiger partial charge in [-0.05, 0) is 31.2 Å². The second kappa shape index (κ2) is 8.35. The molecule has 0 saturated carbocycles. The molecule has 3 nitrogen and oxygen atoms in total. The van der Waals surface area contributed by atoms with Crippen molar-refractivity contribution in [1.82, 2.24) is 10.2 Å². The summed E-state index contributed by atoms with van der Waals surface area (Å²) in [7, 11) is 1.86. The molecule has 1 aliphatic heterocycles. The molecule has 7 heteroatoms. The number of halogens is 3. The maximum atomic E-state index is 12.1. The molecule has 0 spiro atoms. The summed E-state index contributed by atoms with van der Waals surface area (Å²) in [4.78, 5) is 14.8. The van der Waals surface area contributed by atoms with Gasteiger partial charge in [-0.3, -0.25) is 4.79 Å². The molecular weight excluding hydrogens is 339 g/mol. The van der Waals surface area contributed by atoms with Crippen LogP contribution in [0.5, 0.6) is 0 Å². The van der Waals surface area contributed by atoms with Gasteiger partial charge < -0.3 is 10.2 Å². The van der Waals surface area contributed by atoms with E-state index in [1.807, 2.05) is 11.9 Å². The monoisotopic (exact) mass is 354 g/mol. The standard InChI is InChI=1S/C13H16Cl2N2OS.ClH/c1-17(10-4-5-16-7-10)13(18)8-19-12-6-9(14)2-3-11(12)15;/h2-3,6,10,16H,4-5,7-8H2,1H3;1H. The lowest BCUT2D eigenvalue weighted by molar-refractivity contribution is -0.128. The van der Waals surface area contributed by atoms with Crippen LogP contribution in [-0.4, -0.2) is 42.7 Å².